The number of aromatic amines is 1. The van der Waals surface area contributed by atoms with Gasteiger partial charge in [-0.25, -0.2) is 9.98 Å². The molecule has 0 amide bonds. The maximum atomic E-state index is 6.65. The highest BCUT2D eigenvalue weighted by Crippen LogP contribution is 2.33. The molecule has 3 aromatic rings. The van der Waals surface area contributed by atoms with E-state index in [0.29, 0.717) is 23.1 Å². The minimum atomic E-state index is 0.101. The van der Waals surface area contributed by atoms with Crippen LogP contribution in [0, 0.1) is 6.92 Å². The van der Waals surface area contributed by atoms with E-state index >= 15 is 0 Å². The van der Waals surface area contributed by atoms with Gasteiger partial charge in [0, 0.05) is 67.8 Å². The first-order valence-corrected chi connectivity index (χ1v) is 13.9. The van der Waals surface area contributed by atoms with Crippen LogP contribution >= 0.6 is 11.6 Å². The lowest BCUT2D eigenvalue weighted by atomic mass is 10.2. The largest absolute Gasteiger partial charge is 0.470 e. The number of hydrogen-bond acceptors (Lipinski definition) is 7. The van der Waals surface area contributed by atoms with Crippen LogP contribution in [-0.4, -0.2) is 68.6 Å². The van der Waals surface area contributed by atoms with E-state index < -0.39 is 0 Å². The number of fused-ring (bicyclic) bond motifs is 1. The highest BCUT2D eigenvalue weighted by atomic mass is 35.5. The zero-order valence-electron chi connectivity index (χ0n) is 23.6. The second kappa shape index (κ2) is 14.8. The number of anilines is 1. The molecular formula is C31H37ClN8O. The summed E-state index contributed by atoms with van der Waals surface area (Å²) in [4.78, 5) is 16.9. The number of para-hydroxylation sites is 1. The summed E-state index contributed by atoms with van der Waals surface area (Å²) in [5, 5.41) is 8.53. The average molecular weight is 573 g/mol. The molecule has 2 aromatic carbocycles. The lowest BCUT2D eigenvalue weighted by Gasteiger charge is -2.37. The number of benzene rings is 2. The van der Waals surface area contributed by atoms with Crippen LogP contribution in [-0.2, 0) is 0 Å². The molecule has 0 radical (unpaired) electrons. The van der Waals surface area contributed by atoms with Crippen molar-refractivity contribution in [2.45, 2.75) is 13.8 Å². The number of piperazine rings is 1. The van der Waals surface area contributed by atoms with Gasteiger partial charge in [-0.2, -0.15) is 5.10 Å². The van der Waals surface area contributed by atoms with Gasteiger partial charge in [0.25, 0.3) is 0 Å². The van der Waals surface area contributed by atoms with Gasteiger partial charge in [-0.1, -0.05) is 35.9 Å². The Hall–Kier alpha value is -4.50. The molecule has 0 aliphatic carbocycles. The maximum absolute atomic E-state index is 6.65. The predicted octanol–water partition coefficient (Wildman–Crippen LogP) is 5.48. The number of aromatic nitrogens is 1. The summed E-state index contributed by atoms with van der Waals surface area (Å²) in [6, 6.07) is 16.3. The molecule has 214 valence electrons. The molecule has 2 heterocycles. The van der Waals surface area contributed by atoms with Gasteiger partial charge in [0.15, 0.2) is 6.73 Å². The van der Waals surface area contributed by atoms with Gasteiger partial charge in [-0.3, -0.25) is 5.43 Å². The van der Waals surface area contributed by atoms with Crippen LogP contribution in [0.5, 0.6) is 5.75 Å². The molecule has 0 unspecified atom stereocenters. The molecule has 9 nitrogen and oxygen atoms in total. The number of allylic oxidation sites excluding steroid dienone is 2. The van der Waals surface area contributed by atoms with Gasteiger partial charge < -0.3 is 24.8 Å². The van der Waals surface area contributed by atoms with Gasteiger partial charge in [-0.15, -0.1) is 0 Å². The van der Waals surface area contributed by atoms with Gasteiger partial charge in [-0.05, 0) is 63.0 Å². The fraction of sp³-hybridized carbons (Fsp3) is 0.258. The van der Waals surface area contributed by atoms with Crippen molar-refractivity contribution in [3.63, 3.8) is 0 Å². The van der Waals surface area contributed by atoms with Crippen LogP contribution in [0.25, 0.3) is 10.9 Å². The predicted molar refractivity (Wildman–Crippen MR) is 172 cm³/mol. The molecule has 0 spiro atoms. The number of H-pyrrole nitrogens is 1. The fourth-order valence-corrected chi connectivity index (χ4v) is 4.87. The molecule has 3 N–H and O–H groups in total. The zero-order chi connectivity index (χ0) is 29.0. The Balaban J connectivity index is 1.51. The van der Waals surface area contributed by atoms with Crippen LogP contribution in [0.1, 0.15) is 12.6 Å². The Morgan fingerprint density at radius 2 is 1.90 bits per heavy atom. The summed E-state index contributed by atoms with van der Waals surface area (Å²) in [5.41, 5.74) is 6.92. The smallest absolute Gasteiger partial charge is 0.181 e. The molecule has 1 aliphatic heterocycles. The Bertz CT molecular complexity index is 1450. The first kappa shape index (κ1) is 29.5. The van der Waals surface area contributed by atoms with E-state index in [1.54, 1.807) is 0 Å². The zero-order valence-corrected chi connectivity index (χ0v) is 24.4. The third-order valence-electron chi connectivity index (χ3n) is 6.60. The van der Waals surface area contributed by atoms with E-state index in [4.69, 9.17) is 21.3 Å². The highest BCUT2D eigenvalue weighted by Gasteiger charge is 2.20. The standard InChI is InChI=1S/C31H37ClN8O/c1-5-9-24(38-34-4)14-15-35-29(33-3)21-30(40-18-16-39(17-19-40)25-10-7-6-8-11-25)36-22-41-28-13-12-27-26(31(28)32)20-23(2)37-27/h5-14,20-21,35,37-38H,3-4,15-19,22H2,1-2H3/b9-5+,24-14-,29-21+,36-30+. The number of hydrazone groups is 1. The highest BCUT2D eigenvalue weighted by molar-refractivity contribution is 6.37. The molecule has 1 fully saturated rings. The summed E-state index contributed by atoms with van der Waals surface area (Å²) in [7, 11) is 0. The SMILES string of the molecule is C=NNC(=C\CN/C(=C/C(=N\COc1ccc2[nH]c(C)cc2c1Cl)N1CCN(c2ccccc2)CC1)N=C)/C=C/C. The molecule has 0 bridgehead atoms. The first-order valence-electron chi connectivity index (χ1n) is 13.5. The fourth-order valence-electron chi connectivity index (χ4n) is 4.60. The lowest BCUT2D eigenvalue weighted by molar-refractivity contribution is 0.324. The Kier molecular flexibility index (Phi) is 10.6. The second-order valence-corrected chi connectivity index (χ2v) is 9.77. The quantitative estimate of drug-likeness (QED) is 0.116. The molecular weight excluding hydrogens is 536 g/mol. The van der Waals surface area contributed by atoms with Crippen LogP contribution < -0.4 is 20.4 Å². The number of amidine groups is 1. The van der Waals surface area contributed by atoms with E-state index in [1.165, 1.54) is 5.69 Å². The number of rotatable bonds is 12. The third-order valence-corrected chi connectivity index (χ3v) is 6.99. The van der Waals surface area contributed by atoms with E-state index in [1.807, 2.05) is 62.4 Å². The maximum Gasteiger partial charge on any atom is 0.181 e. The second-order valence-electron chi connectivity index (χ2n) is 9.39. The molecule has 0 saturated carbocycles. The van der Waals surface area contributed by atoms with Crippen molar-refractivity contribution in [1.29, 1.82) is 0 Å². The van der Waals surface area contributed by atoms with Crippen LogP contribution in [0.2, 0.25) is 5.02 Å². The summed E-state index contributed by atoms with van der Waals surface area (Å²) in [6.07, 6.45) is 7.69. The van der Waals surface area contributed by atoms with Gasteiger partial charge in [0.2, 0.25) is 0 Å². The van der Waals surface area contributed by atoms with E-state index in [0.717, 1.165) is 54.3 Å². The minimum Gasteiger partial charge on any atom is -0.470 e. The van der Waals surface area contributed by atoms with Gasteiger partial charge in [0.1, 0.15) is 17.4 Å². The summed E-state index contributed by atoms with van der Waals surface area (Å²) < 4.78 is 6.04. The van der Waals surface area contributed by atoms with Crippen molar-refractivity contribution in [2.75, 3.05) is 44.4 Å². The van der Waals surface area contributed by atoms with Crippen LogP contribution in [0.15, 0.2) is 99.4 Å². The number of nitrogens with zero attached hydrogens (tertiary/aromatic N) is 5. The Labute approximate surface area is 246 Å². The summed E-state index contributed by atoms with van der Waals surface area (Å²) >= 11 is 6.65. The van der Waals surface area contributed by atoms with Gasteiger partial charge >= 0.3 is 0 Å². The molecule has 1 saturated heterocycles. The van der Waals surface area contributed by atoms with Crippen molar-refractivity contribution in [3.05, 3.63) is 95.1 Å². The van der Waals surface area contributed by atoms with Crippen molar-refractivity contribution in [2.24, 2.45) is 15.1 Å². The number of nitrogens with one attached hydrogen (secondary N) is 3. The van der Waals surface area contributed by atoms with Crippen LogP contribution in [0.4, 0.5) is 5.69 Å². The topological polar surface area (TPSA) is 92.6 Å². The van der Waals surface area contributed by atoms with Crippen molar-refractivity contribution in [3.8, 4) is 5.75 Å². The average Bonchev–Trinajstić information content (AvgIpc) is 3.39. The number of halogens is 1. The third kappa shape index (κ3) is 8.02. The molecule has 10 heteroatoms. The van der Waals surface area contributed by atoms with Gasteiger partial charge in [0.05, 0.1) is 10.7 Å². The monoisotopic (exact) mass is 572 g/mol. The molecule has 4 rings (SSSR count). The normalized spacial score (nSPS) is 15.0. The van der Waals surface area contributed by atoms with Crippen molar-refractivity contribution in [1.82, 2.24) is 20.6 Å². The number of aryl methyl sites for hydroxylation is 1. The van der Waals surface area contributed by atoms with E-state index in [-0.39, 0.29) is 6.73 Å². The Morgan fingerprint density at radius 1 is 1.12 bits per heavy atom. The first-order chi connectivity index (χ1) is 20.0. The lowest BCUT2D eigenvalue weighted by Crippen LogP contribution is -2.48. The molecule has 1 aromatic heterocycles. The minimum absolute atomic E-state index is 0.101. The number of ether oxygens (including phenoxy) is 1. The molecule has 41 heavy (non-hydrogen) atoms. The molecule has 1 aliphatic rings. The number of hydrogen-bond donors (Lipinski definition) is 3. The Morgan fingerprint density at radius 3 is 2.61 bits per heavy atom. The van der Waals surface area contributed by atoms with E-state index in [9.17, 15) is 0 Å². The molecule has 0 atom stereocenters. The van der Waals surface area contributed by atoms with Crippen molar-refractivity contribution >= 4 is 47.5 Å². The summed E-state index contributed by atoms with van der Waals surface area (Å²) in [5.74, 6) is 1.94. The summed E-state index contributed by atoms with van der Waals surface area (Å²) in [6.45, 7) is 15.1. The number of aliphatic imine (C=N–C) groups is 2. The van der Waals surface area contributed by atoms with Crippen molar-refractivity contribution < 1.29 is 4.74 Å². The van der Waals surface area contributed by atoms with E-state index in [2.05, 4.69) is 73.3 Å². The van der Waals surface area contributed by atoms with Crippen LogP contribution in [0.3, 0.4) is 0 Å².